The summed E-state index contributed by atoms with van der Waals surface area (Å²) in [5.41, 5.74) is 5.67. The molecule has 0 atom stereocenters. The summed E-state index contributed by atoms with van der Waals surface area (Å²) in [6.45, 7) is 0. The van der Waals surface area contributed by atoms with E-state index in [4.69, 9.17) is 16.7 Å². The number of carboxylic acid groups (broad SMARTS) is 1. The number of nitrogens with two attached hydrogens (primary N) is 2. The molecule has 1 aliphatic carbocycles. The van der Waals surface area contributed by atoms with Crippen LogP contribution in [0.3, 0.4) is 0 Å². The molecule has 0 aromatic heterocycles. The van der Waals surface area contributed by atoms with Crippen LogP contribution in [0.1, 0.15) is 25.7 Å². The van der Waals surface area contributed by atoms with Gasteiger partial charge in [-0.2, -0.15) is 0 Å². The van der Waals surface area contributed by atoms with E-state index in [0.29, 0.717) is 0 Å². The summed E-state index contributed by atoms with van der Waals surface area (Å²) in [6, 6.07) is 0.186. The minimum absolute atomic E-state index is 0.0395. The fraction of sp³-hybridized carbons (Fsp3) is 0.857. The lowest BCUT2D eigenvalue weighted by Gasteiger charge is -2.30. The first kappa shape index (κ1) is 9.28. The number of rotatable bonds is 1. The van der Waals surface area contributed by atoms with E-state index < -0.39 is 6.09 Å². The van der Waals surface area contributed by atoms with Gasteiger partial charge >= 0.3 is 6.09 Å². The molecule has 0 bridgehead atoms. The van der Waals surface area contributed by atoms with Crippen molar-refractivity contribution in [3.63, 3.8) is 0 Å². The zero-order valence-electron chi connectivity index (χ0n) is 6.94. The molecule has 0 radical (unpaired) electrons. The second-order valence-corrected chi connectivity index (χ2v) is 3.26. The molecule has 12 heavy (non-hydrogen) atoms. The first-order valence-corrected chi connectivity index (χ1v) is 4.13. The molecule has 5 N–H and O–H groups in total. The van der Waals surface area contributed by atoms with Gasteiger partial charge in [-0.3, -0.25) is 0 Å². The second kappa shape index (κ2) is 3.73. The van der Waals surface area contributed by atoms with Crippen LogP contribution < -0.4 is 11.6 Å². The molecule has 1 fully saturated rings. The van der Waals surface area contributed by atoms with Crippen molar-refractivity contribution < 1.29 is 9.90 Å². The SMILES string of the molecule is NN(C(=O)O)[C@H]1CC[C@@H](N)CC1. The third-order valence-electron chi connectivity index (χ3n) is 2.36. The van der Waals surface area contributed by atoms with Crippen molar-refractivity contribution in [1.29, 1.82) is 0 Å². The van der Waals surface area contributed by atoms with Gasteiger partial charge in [-0.1, -0.05) is 0 Å². The smallest absolute Gasteiger partial charge is 0.421 e. The Morgan fingerprint density at radius 2 is 1.83 bits per heavy atom. The normalized spacial score (nSPS) is 29.8. The summed E-state index contributed by atoms with van der Waals surface area (Å²) in [5, 5.41) is 9.46. The van der Waals surface area contributed by atoms with Crippen LogP contribution in [0.25, 0.3) is 0 Å². The quantitative estimate of drug-likeness (QED) is 0.298. The van der Waals surface area contributed by atoms with E-state index in [2.05, 4.69) is 0 Å². The highest BCUT2D eigenvalue weighted by Crippen LogP contribution is 2.19. The minimum Gasteiger partial charge on any atom is -0.464 e. The molecular formula is C7H15N3O2. The molecule has 5 heteroatoms. The Labute approximate surface area is 71.3 Å². The maximum Gasteiger partial charge on any atom is 0.421 e. The molecule has 0 aromatic carbocycles. The lowest BCUT2D eigenvalue weighted by Crippen LogP contribution is -2.47. The minimum atomic E-state index is -1.06. The van der Waals surface area contributed by atoms with Gasteiger partial charge in [0.1, 0.15) is 0 Å². The Balaban J connectivity index is 2.39. The standard InChI is InChI=1S/C7H15N3O2/c8-5-1-3-6(4-2-5)10(9)7(11)12/h5-6H,1-4,8-9H2,(H,11,12)/t5-,6+. The van der Waals surface area contributed by atoms with Gasteiger partial charge in [0.05, 0.1) is 6.04 Å². The number of hydrazine groups is 1. The fourth-order valence-corrected chi connectivity index (χ4v) is 1.54. The molecule has 0 spiro atoms. The highest BCUT2D eigenvalue weighted by Gasteiger charge is 2.25. The van der Waals surface area contributed by atoms with Crippen molar-refractivity contribution in [2.24, 2.45) is 11.6 Å². The number of hydrogen-bond acceptors (Lipinski definition) is 3. The lowest BCUT2D eigenvalue weighted by atomic mass is 9.92. The van der Waals surface area contributed by atoms with E-state index in [0.717, 1.165) is 30.7 Å². The Kier molecular flexibility index (Phi) is 2.88. The van der Waals surface area contributed by atoms with Gasteiger partial charge in [0.2, 0.25) is 0 Å². The molecule has 0 aliphatic heterocycles. The van der Waals surface area contributed by atoms with E-state index >= 15 is 0 Å². The van der Waals surface area contributed by atoms with Gasteiger partial charge in [0.15, 0.2) is 0 Å². The van der Waals surface area contributed by atoms with Crippen molar-refractivity contribution in [3.8, 4) is 0 Å². The first-order valence-electron chi connectivity index (χ1n) is 4.13. The summed E-state index contributed by atoms with van der Waals surface area (Å²) in [5.74, 6) is 5.33. The van der Waals surface area contributed by atoms with Crippen LogP contribution >= 0.6 is 0 Å². The van der Waals surface area contributed by atoms with Crippen LogP contribution in [0, 0.1) is 0 Å². The summed E-state index contributed by atoms with van der Waals surface area (Å²) in [7, 11) is 0. The molecule has 1 rings (SSSR count). The molecule has 1 amide bonds. The molecule has 70 valence electrons. The zero-order chi connectivity index (χ0) is 9.14. The topological polar surface area (TPSA) is 92.6 Å². The molecule has 0 unspecified atom stereocenters. The Morgan fingerprint density at radius 3 is 2.25 bits per heavy atom. The van der Waals surface area contributed by atoms with Crippen LogP contribution in [-0.4, -0.2) is 28.3 Å². The molecular weight excluding hydrogens is 158 g/mol. The third-order valence-corrected chi connectivity index (χ3v) is 2.36. The first-order chi connectivity index (χ1) is 5.61. The van der Waals surface area contributed by atoms with Gasteiger partial charge in [-0.05, 0) is 25.7 Å². The molecule has 5 nitrogen and oxygen atoms in total. The summed E-state index contributed by atoms with van der Waals surface area (Å²) in [4.78, 5) is 10.4. The van der Waals surface area contributed by atoms with Crippen LogP contribution in [0.4, 0.5) is 4.79 Å². The van der Waals surface area contributed by atoms with Crippen molar-refractivity contribution in [1.82, 2.24) is 5.01 Å². The van der Waals surface area contributed by atoms with E-state index in [1.165, 1.54) is 0 Å². The van der Waals surface area contributed by atoms with Crippen molar-refractivity contribution in [3.05, 3.63) is 0 Å². The zero-order valence-corrected chi connectivity index (χ0v) is 6.94. The van der Waals surface area contributed by atoms with Crippen LogP contribution in [0.2, 0.25) is 0 Å². The van der Waals surface area contributed by atoms with Gasteiger partial charge in [-0.15, -0.1) is 0 Å². The predicted octanol–water partition coefficient (Wildman–Crippen LogP) is 0.110. The van der Waals surface area contributed by atoms with Gasteiger partial charge < -0.3 is 10.8 Å². The van der Waals surface area contributed by atoms with E-state index in [-0.39, 0.29) is 12.1 Å². The Morgan fingerprint density at radius 1 is 1.33 bits per heavy atom. The number of nitrogens with zero attached hydrogens (tertiary/aromatic N) is 1. The van der Waals surface area contributed by atoms with Crippen LogP contribution in [0.5, 0.6) is 0 Å². The van der Waals surface area contributed by atoms with Gasteiger partial charge in [0.25, 0.3) is 0 Å². The highest BCUT2D eigenvalue weighted by atomic mass is 16.4. The molecule has 0 saturated heterocycles. The van der Waals surface area contributed by atoms with E-state index in [9.17, 15) is 4.79 Å². The molecule has 0 heterocycles. The largest absolute Gasteiger partial charge is 0.464 e. The van der Waals surface area contributed by atoms with Crippen LogP contribution in [-0.2, 0) is 0 Å². The number of carbonyl (C=O) groups is 1. The number of hydrogen-bond donors (Lipinski definition) is 3. The summed E-state index contributed by atoms with van der Waals surface area (Å²) >= 11 is 0. The van der Waals surface area contributed by atoms with Crippen molar-refractivity contribution in [2.45, 2.75) is 37.8 Å². The third kappa shape index (κ3) is 2.09. The van der Waals surface area contributed by atoms with Crippen molar-refractivity contribution >= 4 is 6.09 Å². The van der Waals surface area contributed by atoms with Crippen molar-refractivity contribution in [2.75, 3.05) is 0 Å². The van der Waals surface area contributed by atoms with Gasteiger partial charge in [-0.25, -0.2) is 15.6 Å². The Hall–Kier alpha value is -0.810. The summed E-state index contributed by atoms with van der Waals surface area (Å²) in [6.07, 6.45) is 2.24. The second-order valence-electron chi connectivity index (χ2n) is 3.26. The van der Waals surface area contributed by atoms with Gasteiger partial charge in [0, 0.05) is 6.04 Å². The maximum absolute atomic E-state index is 10.4. The number of amides is 1. The molecule has 1 aliphatic rings. The highest BCUT2D eigenvalue weighted by molar-refractivity contribution is 5.64. The molecule has 0 aromatic rings. The fourth-order valence-electron chi connectivity index (χ4n) is 1.54. The predicted molar refractivity (Wildman–Crippen MR) is 44.3 cm³/mol. The summed E-state index contributed by atoms with van der Waals surface area (Å²) < 4.78 is 0. The van der Waals surface area contributed by atoms with E-state index in [1.54, 1.807) is 0 Å². The average molecular weight is 173 g/mol. The Bertz CT molecular complexity index is 166. The average Bonchev–Trinajstić information content (AvgIpc) is 2.04. The lowest BCUT2D eigenvalue weighted by molar-refractivity contribution is 0.109. The monoisotopic (exact) mass is 173 g/mol. The molecule has 1 saturated carbocycles. The maximum atomic E-state index is 10.4. The van der Waals surface area contributed by atoms with E-state index in [1.807, 2.05) is 0 Å². The van der Waals surface area contributed by atoms with Crippen LogP contribution in [0.15, 0.2) is 0 Å².